The Morgan fingerprint density at radius 3 is 2.80 bits per heavy atom. The van der Waals surface area contributed by atoms with Crippen LogP contribution in [0.1, 0.15) is 0 Å². The predicted molar refractivity (Wildman–Crippen MR) is 60.0 cm³/mol. The number of phenols is 1. The minimum atomic E-state index is -0.0813. The Morgan fingerprint density at radius 2 is 2.20 bits per heavy atom. The summed E-state index contributed by atoms with van der Waals surface area (Å²) in [4.78, 5) is 4.84. The maximum Gasteiger partial charge on any atom is 0.144 e. The Bertz CT molecular complexity index is 308. The van der Waals surface area contributed by atoms with Crippen LogP contribution in [-0.4, -0.2) is 29.8 Å². The molecule has 0 aliphatic carbocycles. The molecular formula is C9H14NO4P. The van der Waals surface area contributed by atoms with E-state index in [0.29, 0.717) is 17.8 Å². The molecule has 0 aliphatic rings. The Kier molecular flexibility index (Phi) is 5.18. The van der Waals surface area contributed by atoms with Gasteiger partial charge in [0.15, 0.2) is 0 Å². The van der Waals surface area contributed by atoms with E-state index in [9.17, 15) is 5.11 Å². The Balaban J connectivity index is 2.58. The number of aliphatic hydroxyl groups is 1. The largest absolute Gasteiger partial charge is 0.506 e. The van der Waals surface area contributed by atoms with Crippen molar-refractivity contribution in [1.29, 1.82) is 0 Å². The zero-order chi connectivity index (χ0) is 11.1. The van der Waals surface area contributed by atoms with E-state index in [2.05, 4.69) is 14.7 Å². The summed E-state index contributed by atoms with van der Waals surface area (Å²) in [5.74, 6) is 0.610. The zero-order valence-electron chi connectivity index (χ0n) is 8.14. The van der Waals surface area contributed by atoms with Gasteiger partial charge in [0, 0.05) is 6.07 Å². The fourth-order valence-electron chi connectivity index (χ4n) is 0.958. The van der Waals surface area contributed by atoms with Crippen molar-refractivity contribution in [3.8, 4) is 11.5 Å². The summed E-state index contributed by atoms with van der Waals surface area (Å²) in [5.41, 5.74) is 2.94. The van der Waals surface area contributed by atoms with Gasteiger partial charge in [-0.3, -0.25) is 10.3 Å². The lowest BCUT2D eigenvalue weighted by molar-refractivity contribution is 0.132. The molecule has 0 amide bonds. The summed E-state index contributed by atoms with van der Waals surface area (Å²) < 4.78 is 5.16. The van der Waals surface area contributed by atoms with Gasteiger partial charge >= 0.3 is 0 Å². The van der Waals surface area contributed by atoms with Crippen LogP contribution in [0.2, 0.25) is 0 Å². The van der Waals surface area contributed by atoms with Gasteiger partial charge in [-0.15, -0.1) is 0 Å². The van der Waals surface area contributed by atoms with E-state index in [-0.39, 0.29) is 19.0 Å². The van der Waals surface area contributed by atoms with Crippen LogP contribution in [0.3, 0.4) is 0 Å². The lowest BCUT2D eigenvalue weighted by Gasteiger charge is -2.09. The van der Waals surface area contributed by atoms with Gasteiger partial charge in [0.1, 0.15) is 23.5 Å². The molecule has 6 heteroatoms. The molecule has 1 aromatic rings. The zero-order valence-corrected chi connectivity index (χ0v) is 9.30. The molecule has 1 rings (SSSR count). The van der Waals surface area contributed by atoms with Crippen LogP contribution in [0.15, 0.2) is 18.2 Å². The third kappa shape index (κ3) is 3.91. The number of nitrogens with one attached hydrogen (secondary N) is 1. The quantitative estimate of drug-likeness (QED) is 0.294. The SMILES string of the molecule is OCCONc1ccc(OCP)cc1O. The van der Waals surface area contributed by atoms with E-state index >= 15 is 0 Å². The van der Waals surface area contributed by atoms with E-state index in [1.54, 1.807) is 12.1 Å². The highest BCUT2D eigenvalue weighted by Crippen LogP contribution is 2.28. The maximum absolute atomic E-state index is 9.53. The number of hydrogen-bond acceptors (Lipinski definition) is 5. The van der Waals surface area contributed by atoms with Gasteiger partial charge in [0.2, 0.25) is 0 Å². The number of benzene rings is 1. The number of ether oxygens (including phenoxy) is 1. The minimum Gasteiger partial charge on any atom is -0.506 e. The van der Waals surface area contributed by atoms with Crippen LogP contribution in [-0.2, 0) is 4.84 Å². The van der Waals surface area contributed by atoms with Crippen LogP contribution in [0, 0.1) is 0 Å². The third-order valence-corrected chi connectivity index (χ3v) is 1.76. The number of hydrogen-bond donors (Lipinski definition) is 3. The van der Waals surface area contributed by atoms with Crippen LogP contribution in [0.4, 0.5) is 5.69 Å². The van der Waals surface area contributed by atoms with Crippen molar-refractivity contribution in [2.75, 3.05) is 25.0 Å². The van der Waals surface area contributed by atoms with E-state index in [1.165, 1.54) is 6.07 Å². The Hall–Kier alpha value is -1.03. The lowest BCUT2D eigenvalue weighted by Crippen LogP contribution is -2.05. The molecule has 3 N–H and O–H groups in total. The normalized spacial score (nSPS) is 10.0. The Morgan fingerprint density at radius 1 is 1.40 bits per heavy atom. The first kappa shape index (κ1) is 12.0. The molecule has 5 nitrogen and oxygen atoms in total. The van der Waals surface area contributed by atoms with Gasteiger partial charge in [0.25, 0.3) is 0 Å². The number of phenolic OH excluding ortho intramolecular Hbond substituents is 1. The second-order valence-corrected chi connectivity index (χ2v) is 3.00. The fourth-order valence-corrected chi connectivity index (χ4v) is 1.15. The summed E-state index contributed by atoms with van der Waals surface area (Å²) in [6.07, 6.45) is 0.466. The minimum absolute atomic E-state index is 0.0314. The topological polar surface area (TPSA) is 71.0 Å². The van der Waals surface area contributed by atoms with Gasteiger partial charge < -0.3 is 14.9 Å². The highest BCUT2D eigenvalue weighted by Gasteiger charge is 2.02. The van der Waals surface area contributed by atoms with Crippen molar-refractivity contribution < 1.29 is 19.8 Å². The molecule has 1 atom stereocenters. The first-order chi connectivity index (χ1) is 7.27. The monoisotopic (exact) mass is 231 g/mol. The molecule has 0 saturated heterocycles. The second kappa shape index (κ2) is 6.45. The van der Waals surface area contributed by atoms with Gasteiger partial charge in [0.05, 0.1) is 13.2 Å². The molecular weight excluding hydrogens is 217 g/mol. The number of anilines is 1. The molecule has 84 valence electrons. The van der Waals surface area contributed by atoms with Crippen molar-refractivity contribution in [3.05, 3.63) is 18.2 Å². The smallest absolute Gasteiger partial charge is 0.144 e. The number of aromatic hydroxyl groups is 1. The molecule has 0 heterocycles. The average Bonchev–Trinajstić information content (AvgIpc) is 2.22. The Labute approximate surface area is 90.2 Å². The number of rotatable bonds is 6. The molecule has 0 spiro atoms. The summed E-state index contributed by atoms with van der Waals surface area (Å²) in [6, 6.07) is 4.81. The number of aliphatic hydroxyl groups excluding tert-OH is 1. The molecule has 0 bridgehead atoms. The summed E-state index contributed by atoms with van der Waals surface area (Å²) >= 11 is 0. The molecule has 0 aliphatic heterocycles. The average molecular weight is 231 g/mol. The highest BCUT2D eigenvalue weighted by atomic mass is 31.0. The van der Waals surface area contributed by atoms with E-state index < -0.39 is 0 Å². The maximum atomic E-state index is 9.53. The fraction of sp³-hybridized carbons (Fsp3) is 0.333. The first-order valence-electron chi connectivity index (χ1n) is 4.42. The molecule has 0 radical (unpaired) electrons. The molecule has 15 heavy (non-hydrogen) atoms. The van der Waals surface area contributed by atoms with Gasteiger partial charge in [-0.05, 0) is 12.1 Å². The van der Waals surface area contributed by atoms with Crippen LogP contribution in [0.25, 0.3) is 0 Å². The van der Waals surface area contributed by atoms with E-state index in [4.69, 9.17) is 14.7 Å². The van der Waals surface area contributed by atoms with Crippen molar-refractivity contribution in [1.82, 2.24) is 0 Å². The van der Waals surface area contributed by atoms with Crippen LogP contribution >= 0.6 is 9.24 Å². The summed E-state index contributed by atoms with van der Waals surface area (Å²) in [5, 5.41) is 18.0. The van der Waals surface area contributed by atoms with Gasteiger partial charge in [-0.2, -0.15) is 0 Å². The lowest BCUT2D eigenvalue weighted by atomic mass is 10.3. The molecule has 0 aromatic heterocycles. The highest BCUT2D eigenvalue weighted by molar-refractivity contribution is 7.16. The molecule has 0 fully saturated rings. The van der Waals surface area contributed by atoms with Crippen molar-refractivity contribution in [3.63, 3.8) is 0 Å². The summed E-state index contributed by atoms with van der Waals surface area (Å²) in [7, 11) is 2.42. The van der Waals surface area contributed by atoms with Gasteiger partial charge in [-0.1, -0.05) is 9.24 Å². The molecule has 1 aromatic carbocycles. The van der Waals surface area contributed by atoms with E-state index in [0.717, 1.165) is 0 Å². The first-order valence-corrected chi connectivity index (χ1v) is 5.24. The predicted octanol–water partition coefficient (Wildman–Crippen LogP) is 0.939. The van der Waals surface area contributed by atoms with Crippen LogP contribution < -0.4 is 10.2 Å². The molecule has 0 saturated carbocycles. The standard InChI is InChI=1S/C9H14NO4P/c11-3-4-14-10-8-2-1-7(13-6-15)5-9(8)12/h1-2,5,10-12H,3-4,6,15H2. The van der Waals surface area contributed by atoms with Crippen molar-refractivity contribution >= 4 is 14.9 Å². The molecule has 1 unspecified atom stereocenters. The van der Waals surface area contributed by atoms with E-state index in [1.807, 2.05) is 0 Å². The van der Waals surface area contributed by atoms with Crippen molar-refractivity contribution in [2.24, 2.45) is 0 Å². The van der Waals surface area contributed by atoms with Gasteiger partial charge in [-0.25, -0.2) is 0 Å². The van der Waals surface area contributed by atoms with Crippen LogP contribution in [0.5, 0.6) is 11.5 Å². The second-order valence-electron chi connectivity index (χ2n) is 2.66. The third-order valence-electron chi connectivity index (χ3n) is 1.59. The van der Waals surface area contributed by atoms with Crippen molar-refractivity contribution in [2.45, 2.75) is 0 Å². The summed E-state index contributed by atoms with van der Waals surface area (Å²) in [6.45, 7) is 0.0747.